The fourth-order valence-electron chi connectivity index (χ4n) is 1.94. The van der Waals surface area contributed by atoms with Gasteiger partial charge in [-0.25, -0.2) is 0 Å². The third-order valence-electron chi connectivity index (χ3n) is 4.59. The highest BCUT2D eigenvalue weighted by molar-refractivity contribution is 9.10. The molecular formula is C19H24BrNO2Si. The van der Waals surface area contributed by atoms with Crippen molar-refractivity contribution in [1.29, 1.82) is 0 Å². The fraction of sp³-hybridized carbons (Fsp3) is 0.368. The number of hydrogen-bond acceptors (Lipinski definition) is 3. The van der Waals surface area contributed by atoms with E-state index in [9.17, 15) is 4.79 Å². The molecule has 128 valence electrons. The van der Waals surface area contributed by atoms with Gasteiger partial charge in [-0.15, -0.1) is 0 Å². The van der Waals surface area contributed by atoms with Gasteiger partial charge in [0.05, 0.1) is 6.61 Å². The van der Waals surface area contributed by atoms with Crippen molar-refractivity contribution in [1.82, 2.24) is 4.98 Å². The van der Waals surface area contributed by atoms with Gasteiger partial charge in [0.1, 0.15) is 0 Å². The Labute approximate surface area is 153 Å². The molecule has 0 radical (unpaired) electrons. The second-order valence-electron chi connectivity index (χ2n) is 7.47. The number of halogens is 1. The molecule has 24 heavy (non-hydrogen) atoms. The van der Waals surface area contributed by atoms with Crippen LogP contribution in [0.3, 0.4) is 0 Å². The first-order chi connectivity index (χ1) is 11.1. The van der Waals surface area contributed by atoms with Crippen LogP contribution in [0.15, 0.2) is 47.2 Å². The quantitative estimate of drug-likeness (QED) is 0.480. The van der Waals surface area contributed by atoms with E-state index in [4.69, 9.17) is 4.43 Å². The summed E-state index contributed by atoms with van der Waals surface area (Å²) in [4.78, 5) is 16.5. The molecular weight excluding hydrogens is 382 g/mol. The van der Waals surface area contributed by atoms with Crippen molar-refractivity contribution < 1.29 is 9.22 Å². The van der Waals surface area contributed by atoms with Crippen molar-refractivity contribution in [3.05, 3.63) is 63.9 Å². The molecule has 1 aromatic carbocycles. The maximum Gasteiger partial charge on any atom is 0.194 e. The first-order valence-electron chi connectivity index (χ1n) is 7.98. The molecule has 0 saturated heterocycles. The summed E-state index contributed by atoms with van der Waals surface area (Å²) in [5, 5.41) is 0.191. The molecule has 1 aromatic heterocycles. The molecule has 0 unspecified atom stereocenters. The molecule has 0 saturated carbocycles. The minimum Gasteiger partial charge on any atom is -0.413 e. The van der Waals surface area contributed by atoms with Gasteiger partial charge < -0.3 is 4.43 Å². The monoisotopic (exact) mass is 405 g/mol. The van der Waals surface area contributed by atoms with Gasteiger partial charge in [0, 0.05) is 28.0 Å². The average Bonchev–Trinajstić information content (AvgIpc) is 2.52. The van der Waals surface area contributed by atoms with Gasteiger partial charge in [-0.1, -0.05) is 45.0 Å². The second-order valence-corrected chi connectivity index (χ2v) is 13.2. The Kier molecular flexibility index (Phi) is 5.78. The summed E-state index contributed by atoms with van der Waals surface area (Å²) >= 11 is 3.34. The van der Waals surface area contributed by atoms with Gasteiger partial charge in [0.2, 0.25) is 0 Å². The molecule has 2 rings (SSSR count). The zero-order valence-electron chi connectivity index (χ0n) is 14.9. The third-order valence-corrected chi connectivity index (χ3v) is 9.50. The van der Waals surface area contributed by atoms with E-state index in [1.54, 1.807) is 18.5 Å². The summed E-state index contributed by atoms with van der Waals surface area (Å²) in [6, 6.07) is 9.42. The topological polar surface area (TPSA) is 39.2 Å². The van der Waals surface area contributed by atoms with E-state index in [0.717, 1.165) is 10.0 Å². The van der Waals surface area contributed by atoms with Crippen LogP contribution < -0.4 is 0 Å². The van der Waals surface area contributed by atoms with Crippen LogP contribution in [0.1, 0.15) is 42.3 Å². The van der Waals surface area contributed by atoms with E-state index in [0.29, 0.717) is 17.7 Å². The summed E-state index contributed by atoms with van der Waals surface area (Å²) < 4.78 is 7.02. The molecule has 1 heterocycles. The third kappa shape index (κ3) is 4.62. The van der Waals surface area contributed by atoms with Gasteiger partial charge in [-0.05, 0) is 45.7 Å². The fourth-order valence-corrected chi connectivity index (χ4v) is 3.26. The van der Waals surface area contributed by atoms with E-state index in [1.807, 2.05) is 24.3 Å². The lowest BCUT2D eigenvalue weighted by Gasteiger charge is -2.36. The van der Waals surface area contributed by atoms with Crippen molar-refractivity contribution in [3.8, 4) is 0 Å². The number of hydrogen-bond donors (Lipinski definition) is 0. The summed E-state index contributed by atoms with van der Waals surface area (Å²) in [6.45, 7) is 11.8. The lowest BCUT2D eigenvalue weighted by Crippen LogP contribution is -2.40. The molecule has 0 N–H and O–H groups in total. The van der Waals surface area contributed by atoms with Crippen LogP contribution in [-0.4, -0.2) is 19.1 Å². The standard InChI is InChI=1S/C19H24BrNO2Si/c1-19(2,3)24(4,5)23-13-14-6-8-15(9-7-14)18(22)16-10-17(20)12-21-11-16/h6-12H,13H2,1-5H3. The summed E-state index contributed by atoms with van der Waals surface area (Å²) in [5.41, 5.74) is 2.32. The number of nitrogens with zero attached hydrogens (tertiary/aromatic N) is 1. The van der Waals surface area contributed by atoms with Crippen molar-refractivity contribution in [2.75, 3.05) is 0 Å². The number of rotatable bonds is 5. The number of carbonyl (C=O) groups excluding carboxylic acids is 1. The Balaban J connectivity index is 2.07. The van der Waals surface area contributed by atoms with Crippen molar-refractivity contribution in [2.45, 2.75) is 45.5 Å². The van der Waals surface area contributed by atoms with Crippen LogP contribution >= 0.6 is 15.9 Å². The molecule has 0 aliphatic carbocycles. The SMILES string of the molecule is CC(C)(C)[Si](C)(C)OCc1ccc(C(=O)c2cncc(Br)c2)cc1. The van der Waals surface area contributed by atoms with E-state index < -0.39 is 8.32 Å². The van der Waals surface area contributed by atoms with Gasteiger partial charge in [0.25, 0.3) is 0 Å². The van der Waals surface area contributed by atoms with Crippen LogP contribution in [0.2, 0.25) is 18.1 Å². The molecule has 0 bridgehead atoms. The summed E-state index contributed by atoms with van der Waals surface area (Å²) in [5.74, 6) is -0.0272. The average molecular weight is 406 g/mol. The number of aromatic nitrogens is 1. The van der Waals surface area contributed by atoms with Crippen molar-refractivity contribution in [3.63, 3.8) is 0 Å². The maximum atomic E-state index is 12.5. The Morgan fingerprint density at radius 3 is 2.29 bits per heavy atom. The van der Waals surface area contributed by atoms with Gasteiger partial charge in [0.15, 0.2) is 14.1 Å². The predicted octanol–water partition coefficient (Wildman–Crippen LogP) is 5.60. The molecule has 0 spiro atoms. The van der Waals surface area contributed by atoms with Crippen LogP contribution in [0, 0.1) is 0 Å². The minimum absolute atomic E-state index is 0.0272. The van der Waals surface area contributed by atoms with Crippen LogP contribution in [0.5, 0.6) is 0 Å². The molecule has 0 amide bonds. The number of benzene rings is 1. The molecule has 0 aliphatic rings. The molecule has 5 heteroatoms. The first kappa shape index (κ1) is 19.0. The Bertz CT molecular complexity index is 721. The highest BCUT2D eigenvalue weighted by atomic mass is 79.9. The Hall–Kier alpha value is -1.30. The molecule has 0 aliphatic heterocycles. The number of pyridine rings is 1. The lowest BCUT2D eigenvalue weighted by atomic mass is 10.0. The first-order valence-corrected chi connectivity index (χ1v) is 11.7. The van der Waals surface area contributed by atoms with E-state index >= 15 is 0 Å². The Morgan fingerprint density at radius 2 is 1.75 bits per heavy atom. The zero-order valence-corrected chi connectivity index (χ0v) is 17.5. The molecule has 0 fully saturated rings. The minimum atomic E-state index is -1.76. The molecule has 3 nitrogen and oxygen atoms in total. The Morgan fingerprint density at radius 1 is 1.12 bits per heavy atom. The highest BCUT2D eigenvalue weighted by Gasteiger charge is 2.36. The second kappa shape index (κ2) is 7.29. The van der Waals surface area contributed by atoms with E-state index in [1.165, 1.54) is 0 Å². The van der Waals surface area contributed by atoms with E-state index in [2.05, 4.69) is 54.8 Å². The zero-order chi connectivity index (χ0) is 18.0. The summed E-state index contributed by atoms with van der Waals surface area (Å²) in [6.07, 6.45) is 3.25. The molecule has 0 atom stereocenters. The van der Waals surface area contributed by atoms with Crippen LogP contribution in [0.4, 0.5) is 0 Å². The van der Waals surface area contributed by atoms with Gasteiger partial charge in [-0.3, -0.25) is 9.78 Å². The normalized spacial score (nSPS) is 12.2. The van der Waals surface area contributed by atoms with Crippen molar-refractivity contribution in [2.24, 2.45) is 0 Å². The highest BCUT2D eigenvalue weighted by Crippen LogP contribution is 2.37. The van der Waals surface area contributed by atoms with Crippen LogP contribution in [-0.2, 0) is 11.0 Å². The van der Waals surface area contributed by atoms with E-state index in [-0.39, 0.29) is 10.8 Å². The number of carbonyl (C=O) groups is 1. The van der Waals surface area contributed by atoms with Crippen molar-refractivity contribution >= 4 is 30.0 Å². The summed E-state index contributed by atoms with van der Waals surface area (Å²) in [7, 11) is -1.76. The maximum absolute atomic E-state index is 12.5. The van der Waals surface area contributed by atoms with Crippen LogP contribution in [0.25, 0.3) is 0 Å². The van der Waals surface area contributed by atoms with Gasteiger partial charge in [-0.2, -0.15) is 0 Å². The number of ketones is 1. The predicted molar refractivity (Wildman–Crippen MR) is 104 cm³/mol. The largest absolute Gasteiger partial charge is 0.413 e. The lowest BCUT2D eigenvalue weighted by molar-refractivity contribution is 0.103. The smallest absolute Gasteiger partial charge is 0.194 e. The van der Waals surface area contributed by atoms with Gasteiger partial charge >= 0.3 is 0 Å². The molecule has 2 aromatic rings.